The second-order valence-electron chi connectivity index (χ2n) is 7.49. The molecule has 0 bridgehead atoms. The van der Waals surface area contributed by atoms with Gasteiger partial charge in [-0.3, -0.25) is 4.79 Å². The van der Waals surface area contributed by atoms with Crippen LogP contribution in [0.25, 0.3) is 0 Å². The molecule has 2 aromatic carbocycles. The third kappa shape index (κ3) is 5.32. The highest BCUT2D eigenvalue weighted by molar-refractivity contribution is 5.79. The van der Waals surface area contributed by atoms with Crippen molar-refractivity contribution < 1.29 is 23.8 Å². The highest BCUT2D eigenvalue weighted by Crippen LogP contribution is 2.38. The Hall–Kier alpha value is -3.02. The fourth-order valence-corrected chi connectivity index (χ4v) is 3.79. The summed E-state index contributed by atoms with van der Waals surface area (Å²) in [5.74, 6) is 2.26. The monoisotopic (exact) mass is 411 g/mol. The first kappa shape index (κ1) is 21.7. The Kier molecular flexibility index (Phi) is 7.33. The zero-order valence-corrected chi connectivity index (χ0v) is 17.8. The molecule has 3 rings (SSSR count). The highest BCUT2D eigenvalue weighted by atomic mass is 16.5. The van der Waals surface area contributed by atoms with Crippen molar-refractivity contribution in [3.8, 4) is 17.2 Å². The SMILES string of the molecule is COc1ccc(OC)c(C2CCCN2C(=O)COc2ccc(CCC(C)=O)cc2)c1. The summed E-state index contributed by atoms with van der Waals surface area (Å²) in [5, 5.41) is 0. The summed E-state index contributed by atoms with van der Waals surface area (Å²) < 4.78 is 16.6. The summed E-state index contributed by atoms with van der Waals surface area (Å²) in [4.78, 5) is 25.9. The van der Waals surface area contributed by atoms with Gasteiger partial charge in [-0.1, -0.05) is 12.1 Å². The molecule has 30 heavy (non-hydrogen) atoms. The molecule has 0 aromatic heterocycles. The molecule has 1 fully saturated rings. The third-order valence-electron chi connectivity index (χ3n) is 5.42. The van der Waals surface area contributed by atoms with Gasteiger partial charge >= 0.3 is 0 Å². The van der Waals surface area contributed by atoms with Crippen LogP contribution in [0.4, 0.5) is 0 Å². The Labute approximate surface area is 177 Å². The second-order valence-corrected chi connectivity index (χ2v) is 7.49. The molecule has 1 saturated heterocycles. The van der Waals surface area contributed by atoms with Gasteiger partial charge in [-0.2, -0.15) is 0 Å². The Morgan fingerprint density at radius 2 is 1.77 bits per heavy atom. The number of nitrogens with zero attached hydrogens (tertiary/aromatic N) is 1. The maximum absolute atomic E-state index is 12.9. The van der Waals surface area contributed by atoms with Crippen molar-refractivity contribution in [3.63, 3.8) is 0 Å². The van der Waals surface area contributed by atoms with Crippen LogP contribution in [0.2, 0.25) is 0 Å². The number of carbonyl (C=O) groups excluding carboxylic acids is 2. The summed E-state index contributed by atoms with van der Waals surface area (Å²) in [6.45, 7) is 2.27. The first-order valence-electron chi connectivity index (χ1n) is 10.2. The Balaban J connectivity index is 1.63. The van der Waals surface area contributed by atoms with Crippen LogP contribution in [0, 0.1) is 0 Å². The average Bonchev–Trinajstić information content (AvgIpc) is 3.26. The van der Waals surface area contributed by atoms with E-state index in [2.05, 4.69) is 0 Å². The number of aryl methyl sites for hydroxylation is 1. The number of benzene rings is 2. The highest BCUT2D eigenvalue weighted by Gasteiger charge is 2.32. The number of hydrogen-bond acceptors (Lipinski definition) is 5. The molecule has 2 aromatic rings. The molecule has 1 aliphatic heterocycles. The predicted octanol–water partition coefficient (Wildman–Crippen LogP) is 3.97. The smallest absolute Gasteiger partial charge is 0.261 e. The van der Waals surface area contributed by atoms with Crippen molar-refractivity contribution in [2.75, 3.05) is 27.4 Å². The number of methoxy groups -OCH3 is 2. The first-order chi connectivity index (χ1) is 14.5. The number of hydrogen-bond donors (Lipinski definition) is 0. The van der Waals surface area contributed by atoms with Crippen LogP contribution in [-0.2, 0) is 16.0 Å². The molecule has 0 aliphatic carbocycles. The molecule has 0 N–H and O–H groups in total. The van der Waals surface area contributed by atoms with E-state index >= 15 is 0 Å². The molecular weight excluding hydrogens is 382 g/mol. The molecule has 1 atom stereocenters. The van der Waals surface area contributed by atoms with E-state index in [9.17, 15) is 9.59 Å². The van der Waals surface area contributed by atoms with Crippen LogP contribution in [0.15, 0.2) is 42.5 Å². The molecule has 1 unspecified atom stereocenters. The van der Waals surface area contributed by atoms with Crippen molar-refractivity contribution in [2.24, 2.45) is 0 Å². The minimum atomic E-state index is -0.0555. The molecule has 0 radical (unpaired) electrons. The first-order valence-corrected chi connectivity index (χ1v) is 10.2. The van der Waals surface area contributed by atoms with Crippen molar-refractivity contribution in [3.05, 3.63) is 53.6 Å². The second kappa shape index (κ2) is 10.1. The molecule has 160 valence electrons. The lowest BCUT2D eigenvalue weighted by atomic mass is 10.0. The van der Waals surface area contributed by atoms with E-state index in [4.69, 9.17) is 14.2 Å². The number of ether oxygens (including phenoxy) is 3. The standard InChI is InChI=1S/C24H29NO5/c1-17(26)6-7-18-8-10-19(11-9-18)30-16-24(27)25-14-4-5-22(25)21-15-20(28-2)12-13-23(21)29-3/h8-13,15,22H,4-7,14,16H2,1-3H3. The van der Waals surface area contributed by atoms with Gasteiger partial charge in [0.25, 0.3) is 5.91 Å². The van der Waals surface area contributed by atoms with Gasteiger partial charge in [0.2, 0.25) is 0 Å². The lowest BCUT2D eigenvalue weighted by molar-refractivity contribution is -0.134. The lowest BCUT2D eigenvalue weighted by Gasteiger charge is -2.26. The van der Waals surface area contributed by atoms with E-state index in [-0.39, 0.29) is 24.3 Å². The fourth-order valence-electron chi connectivity index (χ4n) is 3.79. The summed E-state index contributed by atoms with van der Waals surface area (Å²) in [7, 11) is 3.26. The zero-order chi connectivity index (χ0) is 21.5. The van der Waals surface area contributed by atoms with Gasteiger partial charge in [0.1, 0.15) is 23.0 Å². The molecule has 0 saturated carbocycles. The van der Waals surface area contributed by atoms with Crippen molar-refractivity contribution in [1.29, 1.82) is 0 Å². The maximum Gasteiger partial charge on any atom is 0.261 e. The Bertz CT molecular complexity index is 878. The number of likely N-dealkylation sites (tertiary alicyclic amines) is 1. The lowest BCUT2D eigenvalue weighted by Crippen LogP contribution is -2.34. The van der Waals surface area contributed by atoms with Gasteiger partial charge in [-0.15, -0.1) is 0 Å². The molecule has 6 nitrogen and oxygen atoms in total. The minimum absolute atomic E-state index is 0.0183. The predicted molar refractivity (Wildman–Crippen MR) is 114 cm³/mol. The van der Waals surface area contributed by atoms with Crippen molar-refractivity contribution >= 4 is 11.7 Å². The van der Waals surface area contributed by atoms with Gasteiger partial charge in [-0.25, -0.2) is 0 Å². The van der Waals surface area contributed by atoms with Crippen LogP contribution >= 0.6 is 0 Å². The van der Waals surface area contributed by atoms with Gasteiger partial charge in [0.05, 0.1) is 20.3 Å². The number of amides is 1. The molecule has 0 spiro atoms. The van der Waals surface area contributed by atoms with E-state index in [1.807, 2.05) is 47.4 Å². The number of Topliss-reactive ketones (excluding diaryl/α,β-unsaturated/α-hetero) is 1. The topological polar surface area (TPSA) is 65.1 Å². The van der Waals surface area contributed by atoms with E-state index < -0.39 is 0 Å². The molecule has 1 heterocycles. The van der Waals surface area contributed by atoms with E-state index in [0.717, 1.165) is 35.5 Å². The maximum atomic E-state index is 12.9. The normalized spacial score (nSPS) is 15.7. The van der Waals surface area contributed by atoms with Gasteiger partial charge in [-0.05, 0) is 62.1 Å². The average molecular weight is 411 g/mol. The number of ketones is 1. The summed E-state index contributed by atoms with van der Waals surface area (Å²) in [5.41, 5.74) is 2.03. The van der Waals surface area contributed by atoms with Crippen LogP contribution in [0.1, 0.15) is 43.4 Å². The van der Waals surface area contributed by atoms with Crippen LogP contribution in [-0.4, -0.2) is 44.0 Å². The number of rotatable bonds is 9. The third-order valence-corrected chi connectivity index (χ3v) is 5.42. The fraction of sp³-hybridized carbons (Fsp3) is 0.417. The van der Waals surface area contributed by atoms with Gasteiger partial charge in [0.15, 0.2) is 6.61 Å². The quantitative estimate of drug-likeness (QED) is 0.625. The molecular formula is C24H29NO5. The zero-order valence-electron chi connectivity index (χ0n) is 17.8. The van der Waals surface area contributed by atoms with E-state index in [0.29, 0.717) is 25.1 Å². The van der Waals surface area contributed by atoms with Crippen LogP contribution in [0.3, 0.4) is 0 Å². The minimum Gasteiger partial charge on any atom is -0.497 e. The van der Waals surface area contributed by atoms with Crippen LogP contribution < -0.4 is 14.2 Å². The van der Waals surface area contributed by atoms with Gasteiger partial charge < -0.3 is 23.9 Å². The summed E-state index contributed by atoms with van der Waals surface area (Å²) >= 11 is 0. The summed E-state index contributed by atoms with van der Waals surface area (Å²) in [6, 6.07) is 13.2. The largest absolute Gasteiger partial charge is 0.497 e. The van der Waals surface area contributed by atoms with Crippen molar-refractivity contribution in [2.45, 2.75) is 38.6 Å². The Morgan fingerprint density at radius 3 is 2.43 bits per heavy atom. The molecule has 1 aliphatic rings. The van der Waals surface area contributed by atoms with Gasteiger partial charge in [0, 0.05) is 18.5 Å². The molecule has 1 amide bonds. The van der Waals surface area contributed by atoms with Crippen LogP contribution in [0.5, 0.6) is 17.2 Å². The summed E-state index contributed by atoms with van der Waals surface area (Å²) in [6.07, 6.45) is 3.05. The van der Waals surface area contributed by atoms with E-state index in [1.165, 1.54) is 0 Å². The number of carbonyl (C=O) groups is 2. The van der Waals surface area contributed by atoms with Crippen molar-refractivity contribution in [1.82, 2.24) is 4.90 Å². The van der Waals surface area contributed by atoms with E-state index in [1.54, 1.807) is 21.1 Å². The molecule has 6 heteroatoms. The Morgan fingerprint density at radius 1 is 1.03 bits per heavy atom.